The Bertz CT molecular complexity index is 917. The van der Waals surface area contributed by atoms with Crippen molar-refractivity contribution in [2.75, 3.05) is 5.73 Å². The fourth-order valence-electron chi connectivity index (χ4n) is 2.05. The molecule has 7 nitrogen and oxygen atoms in total. The number of oxime groups is 1. The molecule has 3 aromatic rings. The normalized spacial score (nSPS) is 11.5. The maximum atomic E-state index is 5.66. The van der Waals surface area contributed by atoms with Crippen LogP contribution < -0.4 is 5.73 Å². The molecule has 0 unspecified atom stereocenters. The molecule has 3 rings (SSSR count). The number of hydrogen-bond donors (Lipinski definition) is 1. The average molecular weight is 341 g/mol. The van der Waals surface area contributed by atoms with E-state index < -0.39 is 0 Å². The molecular weight excluding hydrogens is 326 g/mol. The van der Waals surface area contributed by atoms with E-state index in [1.165, 1.54) is 0 Å². The minimum atomic E-state index is 0.184. The van der Waals surface area contributed by atoms with E-state index in [1.807, 2.05) is 42.5 Å². The van der Waals surface area contributed by atoms with E-state index in [0.29, 0.717) is 23.0 Å². The van der Waals surface area contributed by atoms with E-state index in [0.717, 1.165) is 5.56 Å². The van der Waals surface area contributed by atoms with Gasteiger partial charge in [-0.25, -0.2) is 4.98 Å². The predicted molar refractivity (Wildman–Crippen MR) is 91.8 cm³/mol. The molecule has 0 aliphatic carbocycles. The van der Waals surface area contributed by atoms with Crippen LogP contribution in [-0.4, -0.2) is 20.4 Å². The number of benzene rings is 1. The predicted octanol–water partition coefficient (Wildman–Crippen LogP) is 2.69. The van der Waals surface area contributed by atoms with Crippen LogP contribution in [0, 0.1) is 4.84 Å². The zero-order valence-electron chi connectivity index (χ0n) is 12.9. The molecule has 8 heteroatoms. The molecular formula is C16H15N5O2S. The first-order valence-electron chi connectivity index (χ1n) is 7.15. The molecule has 0 bridgehead atoms. The molecule has 0 aliphatic rings. The number of nitrogen functional groups attached to an aromatic ring is 1. The molecule has 0 spiro atoms. The van der Waals surface area contributed by atoms with Gasteiger partial charge in [0.15, 0.2) is 12.3 Å². The fourth-order valence-corrected chi connectivity index (χ4v) is 2.18. The van der Waals surface area contributed by atoms with Gasteiger partial charge in [0.2, 0.25) is 5.82 Å². The van der Waals surface area contributed by atoms with Gasteiger partial charge in [0.05, 0.1) is 5.69 Å². The van der Waals surface area contributed by atoms with Gasteiger partial charge in [-0.1, -0.05) is 46.7 Å². The van der Waals surface area contributed by atoms with Gasteiger partial charge in [-0.2, -0.15) is 0 Å². The second kappa shape index (κ2) is 7.05. The van der Waals surface area contributed by atoms with Crippen LogP contribution in [0.4, 0.5) is 5.82 Å². The third kappa shape index (κ3) is 3.49. The molecule has 0 radical (unpaired) electrons. The van der Waals surface area contributed by atoms with Crippen LogP contribution in [0.3, 0.4) is 0 Å². The third-order valence-corrected chi connectivity index (χ3v) is 3.61. The molecule has 0 saturated heterocycles. The largest absolute Gasteiger partial charge is 0.389 e. The monoisotopic (exact) mass is 341 g/mol. The molecule has 2 N–H and O–H groups in total. The van der Waals surface area contributed by atoms with Crippen LogP contribution in [0.1, 0.15) is 17.1 Å². The van der Waals surface area contributed by atoms with Crippen LogP contribution in [0.5, 0.6) is 0 Å². The second-order valence-corrected chi connectivity index (χ2v) is 5.31. The van der Waals surface area contributed by atoms with Crippen LogP contribution in [-0.2, 0) is 18.5 Å². The van der Waals surface area contributed by atoms with Crippen molar-refractivity contribution >= 4 is 23.7 Å². The highest BCUT2D eigenvalue weighted by atomic mass is 32.1. The molecule has 0 amide bonds. The number of rotatable bonds is 5. The first kappa shape index (κ1) is 15.9. The SMILES string of the molecule is Cn1c(C(=NOCc2cccc(N)n2)c2ccccc2)noc1=S. The quantitative estimate of drug-likeness (QED) is 0.436. The molecule has 2 heterocycles. The first-order valence-corrected chi connectivity index (χ1v) is 7.56. The summed E-state index contributed by atoms with van der Waals surface area (Å²) < 4.78 is 6.67. The molecule has 0 fully saturated rings. The van der Waals surface area contributed by atoms with E-state index in [2.05, 4.69) is 15.3 Å². The summed E-state index contributed by atoms with van der Waals surface area (Å²) in [4.78, 5) is 9.87. The third-order valence-electron chi connectivity index (χ3n) is 3.26. The van der Waals surface area contributed by atoms with Crippen molar-refractivity contribution in [3.8, 4) is 0 Å². The lowest BCUT2D eigenvalue weighted by Gasteiger charge is -2.06. The van der Waals surface area contributed by atoms with Gasteiger partial charge in [-0.15, -0.1) is 0 Å². The Morgan fingerprint density at radius 1 is 1.25 bits per heavy atom. The molecule has 122 valence electrons. The van der Waals surface area contributed by atoms with Gasteiger partial charge in [0.25, 0.3) is 4.84 Å². The maximum Gasteiger partial charge on any atom is 0.297 e. The van der Waals surface area contributed by atoms with Crippen LogP contribution in [0.25, 0.3) is 0 Å². The van der Waals surface area contributed by atoms with Crippen LogP contribution >= 0.6 is 12.2 Å². The summed E-state index contributed by atoms with van der Waals surface area (Å²) >= 11 is 5.06. The molecule has 0 aliphatic heterocycles. The zero-order valence-corrected chi connectivity index (χ0v) is 13.7. The summed E-state index contributed by atoms with van der Waals surface area (Å²) in [6.45, 7) is 0.184. The number of pyridine rings is 1. The van der Waals surface area contributed by atoms with Crippen LogP contribution in [0.2, 0.25) is 0 Å². The van der Waals surface area contributed by atoms with E-state index in [1.54, 1.807) is 17.7 Å². The number of aromatic nitrogens is 3. The van der Waals surface area contributed by atoms with Crippen molar-refractivity contribution < 1.29 is 9.36 Å². The summed E-state index contributed by atoms with van der Waals surface area (Å²) in [7, 11) is 1.76. The lowest BCUT2D eigenvalue weighted by molar-refractivity contribution is 0.128. The molecule has 24 heavy (non-hydrogen) atoms. The first-order chi connectivity index (χ1) is 11.6. The Labute approximate surface area is 143 Å². The summed E-state index contributed by atoms with van der Waals surface area (Å²) in [6, 6.07) is 14.9. The Hall–Kier alpha value is -3.00. The van der Waals surface area contributed by atoms with E-state index in [-0.39, 0.29) is 11.4 Å². The van der Waals surface area contributed by atoms with Crippen molar-refractivity contribution in [1.29, 1.82) is 0 Å². The van der Waals surface area contributed by atoms with Gasteiger partial charge in [-0.05, 0) is 24.4 Å². The minimum Gasteiger partial charge on any atom is -0.389 e. The molecule has 1 aromatic carbocycles. The maximum absolute atomic E-state index is 5.66. The molecule has 0 atom stereocenters. The van der Waals surface area contributed by atoms with Gasteiger partial charge < -0.3 is 15.1 Å². The molecule has 0 saturated carbocycles. The fraction of sp³-hybridized carbons (Fsp3) is 0.125. The van der Waals surface area contributed by atoms with Gasteiger partial charge in [-0.3, -0.25) is 4.57 Å². The highest BCUT2D eigenvalue weighted by Gasteiger charge is 2.15. The summed E-state index contributed by atoms with van der Waals surface area (Å²) in [5.41, 5.74) is 7.68. The summed E-state index contributed by atoms with van der Waals surface area (Å²) in [6.07, 6.45) is 0. The Balaban J connectivity index is 1.90. The summed E-state index contributed by atoms with van der Waals surface area (Å²) in [5.74, 6) is 0.911. The standard InChI is InChI=1S/C16H15N5O2S/c1-21-15(20-23-16(21)24)14(11-6-3-2-4-7-11)19-22-10-12-8-5-9-13(17)18-12/h2-9H,10H2,1H3,(H2,17,18). The van der Waals surface area contributed by atoms with Crippen molar-refractivity contribution in [2.45, 2.75) is 6.61 Å². The highest BCUT2D eigenvalue weighted by molar-refractivity contribution is 7.71. The van der Waals surface area contributed by atoms with Gasteiger partial charge >= 0.3 is 0 Å². The van der Waals surface area contributed by atoms with Crippen molar-refractivity contribution in [3.63, 3.8) is 0 Å². The van der Waals surface area contributed by atoms with Crippen molar-refractivity contribution in [1.82, 2.24) is 14.7 Å². The number of anilines is 1. The van der Waals surface area contributed by atoms with Crippen LogP contribution in [0.15, 0.2) is 58.2 Å². The van der Waals surface area contributed by atoms with E-state index in [4.69, 9.17) is 27.3 Å². The van der Waals surface area contributed by atoms with Gasteiger partial charge in [0, 0.05) is 12.6 Å². The molecule has 2 aromatic heterocycles. The number of nitrogens with two attached hydrogens (primary N) is 1. The Morgan fingerprint density at radius 2 is 2.04 bits per heavy atom. The number of nitrogens with zero attached hydrogens (tertiary/aromatic N) is 4. The smallest absolute Gasteiger partial charge is 0.297 e. The Kier molecular flexibility index (Phi) is 4.66. The van der Waals surface area contributed by atoms with E-state index in [9.17, 15) is 0 Å². The second-order valence-electron chi connectivity index (χ2n) is 4.96. The zero-order chi connectivity index (χ0) is 16.9. The average Bonchev–Trinajstić information content (AvgIpc) is 2.92. The number of hydrogen-bond acceptors (Lipinski definition) is 7. The lowest BCUT2D eigenvalue weighted by atomic mass is 10.1. The van der Waals surface area contributed by atoms with Crippen molar-refractivity contribution in [3.05, 3.63) is 70.5 Å². The Morgan fingerprint density at radius 3 is 2.71 bits per heavy atom. The topological polar surface area (TPSA) is 91.5 Å². The summed E-state index contributed by atoms with van der Waals surface area (Å²) in [5, 5.41) is 8.18. The lowest BCUT2D eigenvalue weighted by Crippen LogP contribution is -2.11. The van der Waals surface area contributed by atoms with Crippen molar-refractivity contribution in [2.24, 2.45) is 12.2 Å². The minimum absolute atomic E-state index is 0.184. The van der Waals surface area contributed by atoms with Gasteiger partial charge in [0.1, 0.15) is 5.82 Å². The highest BCUT2D eigenvalue weighted by Crippen LogP contribution is 2.11. The van der Waals surface area contributed by atoms with E-state index >= 15 is 0 Å².